The highest BCUT2D eigenvalue weighted by Gasteiger charge is 2.13. The summed E-state index contributed by atoms with van der Waals surface area (Å²) in [5.74, 6) is 1.16. The van der Waals surface area contributed by atoms with E-state index in [9.17, 15) is 8.42 Å². The first-order valence-electron chi connectivity index (χ1n) is 6.37. The van der Waals surface area contributed by atoms with Gasteiger partial charge in [0.05, 0.1) is 23.3 Å². The zero-order valence-corrected chi connectivity index (χ0v) is 12.0. The highest BCUT2D eigenvalue weighted by atomic mass is 32.2. The van der Waals surface area contributed by atoms with Crippen molar-refractivity contribution in [3.8, 4) is 0 Å². The van der Waals surface area contributed by atoms with E-state index in [1.165, 1.54) is 0 Å². The minimum absolute atomic E-state index is 0.0850. The quantitative estimate of drug-likeness (QED) is 0.841. The van der Waals surface area contributed by atoms with Crippen molar-refractivity contribution < 1.29 is 8.42 Å². The van der Waals surface area contributed by atoms with Gasteiger partial charge in [0, 0.05) is 11.8 Å². The van der Waals surface area contributed by atoms with Crippen LogP contribution in [0.15, 0.2) is 24.3 Å². The molecule has 5 nitrogen and oxygen atoms in total. The summed E-state index contributed by atoms with van der Waals surface area (Å²) in [6.07, 6.45) is 0. The summed E-state index contributed by atoms with van der Waals surface area (Å²) < 4.78 is 23.0. The highest BCUT2D eigenvalue weighted by Crippen LogP contribution is 2.10. The van der Waals surface area contributed by atoms with Gasteiger partial charge in [-0.15, -0.1) is 0 Å². The first-order chi connectivity index (χ1) is 9.00. The molecule has 0 amide bonds. The zero-order valence-electron chi connectivity index (χ0n) is 11.2. The number of nitrogens with one attached hydrogen (secondary N) is 2. The zero-order chi connectivity index (χ0) is 13.9. The molecule has 0 aliphatic rings. The minimum atomic E-state index is -2.94. The third-order valence-corrected chi connectivity index (χ3v) is 4.89. The molecule has 2 rings (SSSR count). The van der Waals surface area contributed by atoms with Gasteiger partial charge in [-0.1, -0.05) is 19.1 Å². The van der Waals surface area contributed by atoms with Crippen molar-refractivity contribution in [1.29, 1.82) is 0 Å². The largest absolute Gasteiger partial charge is 0.341 e. The Morgan fingerprint density at radius 3 is 2.79 bits per heavy atom. The number of para-hydroxylation sites is 2. The predicted molar refractivity (Wildman–Crippen MR) is 76.7 cm³/mol. The van der Waals surface area contributed by atoms with Crippen molar-refractivity contribution >= 4 is 20.9 Å². The average molecular weight is 281 g/mol. The molecule has 6 heteroatoms. The third-order valence-electron chi connectivity index (χ3n) is 3.00. The third kappa shape index (κ3) is 3.78. The van der Waals surface area contributed by atoms with Gasteiger partial charge in [-0.2, -0.15) is 0 Å². The normalized spacial score (nSPS) is 13.8. The van der Waals surface area contributed by atoms with E-state index in [4.69, 9.17) is 0 Å². The van der Waals surface area contributed by atoms with Gasteiger partial charge in [0.2, 0.25) is 0 Å². The van der Waals surface area contributed by atoms with Gasteiger partial charge in [0.15, 0.2) is 9.84 Å². The Morgan fingerprint density at radius 2 is 2.11 bits per heavy atom. The van der Waals surface area contributed by atoms with Crippen molar-refractivity contribution in [2.75, 3.05) is 11.5 Å². The Bertz CT molecular complexity index is 616. The average Bonchev–Trinajstić information content (AvgIpc) is 2.78. The second-order valence-electron chi connectivity index (χ2n) is 4.68. The lowest BCUT2D eigenvalue weighted by atomic mass is 10.3. The number of aromatic nitrogens is 2. The molecule has 2 aromatic rings. The summed E-state index contributed by atoms with van der Waals surface area (Å²) in [6.45, 7) is 4.08. The van der Waals surface area contributed by atoms with Crippen molar-refractivity contribution in [3.63, 3.8) is 0 Å². The lowest BCUT2D eigenvalue weighted by Crippen LogP contribution is -2.33. The number of aromatic amines is 1. The van der Waals surface area contributed by atoms with Crippen LogP contribution in [0.1, 0.15) is 19.7 Å². The Balaban J connectivity index is 1.95. The SMILES string of the molecule is CCS(=O)(=O)CC(C)NCc1nc2ccccc2[nH]1. The van der Waals surface area contributed by atoms with Crippen molar-refractivity contribution in [1.82, 2.24) is 15.3 Å². The first-order valence-corrected chi connectivity index (χ1v) is 8.20. The monoisotopic (exact) mass is 281 g/mol. The summed E-state index contributed by atoms with van der Waals surface area (Å²) in [5.41, 5.74) is 1.92. The van der Waals surface area contributed by atoms with Gasteiger partial charge in [0.1, 0.15) is 5.82 Å². The standard InChI is InChI=1S/C13H19N3O2S/c1-3-19(17,18)9-10(2)14-8-13-15-11-6-4-5-7-12(11)16-13/h4-7,10,14H,3,8-9H2,1-2H3,(H,15,16). The maximum Gasteiger partial charge on any atom is 0.151 e. The van der Waals surface area contributed by atoms with E-state index in [1.807, 2.05) is 31.2 Å². The van der Waals surface area contributed by atoms with Gasteiger partial charge in [-0.3, -0.25) is 0 Å². The highest BCUT2D eigenvalue weighted by molar-refractivity contribution is 7.91. The fraction of sp³-hybridized carbons (Fsp3) is 0.462. The number of benzene rings is 1. The number of hydrogen-bond acceptors (Lipinski definition) is 4. The molecule has 0 spiro atoms. The maximum atomic E-state index is 11.5. The molecule has 1 atom stereocenters. The van der Waals surface area contributed by atoms with Crippen LogP contribution in [-0.4, -0.2) is 35.9 Å². The summed E-state index contributed by atoms with van der Waals surface area (Å²) >= 11 is 0. The molecule has 1 aromatic heterocycles. The van der Waals surface area contributed by atoms with E-state index in [-0.39, 0.29) is 17.5 Å². The Morgan fingerprint density at radius 1 is 1.37 bits per heavy atom. The van der Waals surface area contributed by atoms with Crippen LogP contribution in [0.4, 0.5) is 0 Å². The number of rotatable bonds is 6. The molecule has 2 N–H and O–H groups in total. The Labute approximate surface area is 113 Å². The van der Waals surface area contributed by atoms with Crippen molar-refractivity contribution in [3.05, 3.63) is 30.1 Å². The van der Waals surface area contributed by atoms with E-state index < -0.39 is 9.84 Å². The van der Waals surface area contributed by atoms with E-state index in [0.717, 1.165) is 16.9 Å². The smallest absolute Gasteiger partial charge is 0.151 e. The molecule has 1 heterocycles. The molecule has 0 saturated carbocycles. The lowest BCUT2D eigenvalue weighted by Gasteiger charge is -2.12. The van der Waals surface area contributed by atoms with Gasteiger partial charge in [0.25, 0.3) is 0 Å². The number of nitrogens with zero attached hydrogens (tertiary/aromatic N) is 1. The van der Waals surface area contributed by atoms with Crippen LogP contribution in [-0.2, 0) is 16.4 Å². The summed E-state index contributed by atoms with van der Waals surface area (Å²) in [5, 5.41) is 3.18. The molecule has 1 aromatic carbocycles. The minimum Gasteiger partial charge on any atom is -0.341 e. The van der Waals surface area contributed by atoms with Gasteiger partial charge < -0.3 is 10.3 Å². The molecular weight excluding hydrogens is 262 g/mol. The van der Waals surface area contributed by atoms with Gasteiger partial charge >= 0.3 is 0 Å². The Hall–Kier alpha value is -1.40. The number of sulfone groups is 1. The number of hydrogen-bond donors (Lipinski definition) is 2. The van der Waals surface area contributed by atoms with Crippen LogP contribution in [0.25, 0.3) is 11.0 Å². The second kappa shape index (κ2) is 5.71. The predicted octanol–water partition coefficient (Wildman–Crippen LogP) is 1.48. The molecule has 0 bridgehead atoms. The van der Waals surface area contributed by atoms with E-state index in [1.54, 1.807) is 6.92 Å². The molecule has 0 aliphatic heterocycles. The first kappa shape index (κ1) is 14.0. The summed E-state index contributed by atoms with van der Waals surface area (Å²) in [4.78, 5) is 7.64. The van der Waals surface area contributed by atoms with Crippen LogP contribution in [0, 0.1) is 0 Å². The number of imidazole rings is 1. The number of H-pyrrole nitrogens is 1. The van der Waals surface area contributed by atoms with Crippen LogP contribution in [0.5, 0.6) is 0 Å². The molecule has 19 heavy (non-hydrogen) atoms. The van der Waals surface area contributed by atoms with Crippen molar-refractivity contribution in [2.45, 2.75) is 26.4 Å². The number of fused-ring (bicyclic) bond motifs is 1. The fourth-order valence-corrected chi connectivity index (χ4v) is 3.03. The van der Waals surface area contributed by atoms with Crippen LogP contribution in [0.2, 0.25) is 0 Å². The second-order valence-corrected chi connectivity index (χ2v) is 7.08. The van der Waals surface area contributed by atoms with Gasteiger partial charge in [-0.05, 0) is 19.1 Å². The molecule has 0 fully saturated rings. The van der Waals surface area contributed by atoms with E-state index in [0.29, 0.717) is 6.54 Å². The lowest BCUT2D eigenvalue weighted by molar-refractivity contribution is 0.551. The van der Waals surface area contributed by atoms with E-state index in [2.05, 4.69) is 15.3 Å². The van der Waals surface area contributed by atoms with Crippen molar-refractivity contribution in [2.24, 2.45) is 0 Å². The van der Waals surface area contributed by atoms with Crippen LogP contribution < -0.4 is 5.32 Å². The Kier molecular flexibility index (Phi) is 4.21. The molecule has 1 unspecified atom stereocenters. The molecule has 104 valence electrons. The molecule has 0 saturated heterocycles. The summed E-state index contributed by atoms with van der Waals surface area (Å²) in [7, 11) is -2.94. The topological polar surface area (TPSA) is 74.8 Å². The molecular formula is C13H19N3O2S. The maximum absolute atomic E-state index is 11.5. The molecule has 0 aliphatic carbocycles. The van der Waals surface area contributed by atoms with Gasteiger partial charge in [-0.25, -0.2) is 13.4 Å². The summed E-state index contributed by atoms with van der Waals surface area (Å²) in [6, 6.07) is 7.72. The van der Waals surface area contributed by atoms with Crippen LogP contribution in [0.3, 0.4) is 0 Å². The fourth-order valence-electron chi connectivity index (χ4n) is 1.92. The molecule has 0 radical (unpaired) electrons. The van der Waals surface area contributed by atoms with Crippen LogP contribution >= 0.6 is 0 Å². The van der Waals surface area contributed by atoms with E-state index >= 15 is 0 Å².